The third kappa shape index (κ3) is 5.97. The van der Waals surface area contributed by atoms with Crippen molar-refractivity contribution < 1.29 is 18.0 Å². The lowest BCUT2D eigenvalue weighted by atomic mass is 10.1. The fraction of sp³-hybridized carbons (Fsp3) is 0.130. The zero-order valence-electron chi connectivity index (χ0n) is 17.6. The molecule has 166 valence electrons. The van der Waals surface area contributed by atoms with Crippen molar-refractivity contribution in [2.24, 2.45) is 0 Å². The third-order valence-corrected chi connectivity index (χ3v) is 6.82. The van der Waals surface area contributed by atoms with Crippen LogP contribution in [0, 0.1) is 6.92 Å². The number of thioether (sulfide) groups is 1. The van der Waals surface area contributed by atoms with E-state index in [-0.39, 0.29) is 17.0 Å². The zero-order valence-corrected chi connectivity index (χ0v) is 19.2. The molecule has 0 aliphatic heterocycles. The van der Waals surface area contributed by atoms with Crippen LogP contribution < -0.4 is 15.6 Å². The van der Waals surface area contributed by atoms with E-state index in [1.165, 1.54) is 36.0 Å². The van der Waals surface area contributed by atoms with Crippen molar-refractivity contribution in [3.63, 3.8) is 0 Å². The Morgan fingerprint density at radius 2 is 1.59 bits per heavy atom. The first-order valence-electron chi connectivity index (χ1n) is 9.69. The second kappa shape index (κ2) is 10.4. The number of hydrogen-bond acceptors (Lipinski definition) is 5. The molecule has 2 amide bonds. The maximum Gasteiger partial charge on any atom is 0.270 e. The van der Waals surface area contributed by atoms with Crippen LogP contribution in [-0.4, -0.2) is 26.5 Å². The van der Waals surface area contributed by atoms with Gasteiger partial charge in [-0.25, -0.2) is 13.1 Å². The maximum absolute atomic E-state index is 12.6. The molecule has 9 heteroatoms. The van der Waals surface area contributed by atoms with Crippen molar-refractivity contribution >= 4 is 33.6 Å². The number of benzene rings is 3. The Balaban J connectivity index is 1.66. The number of nitrogens with one attached hydrogen (secondary N) is 3. The predicted molar refractivity (Wildman–Crippen MR) is 125 cm³/mol. The van der Waals surface area contributed by atoms with Crippen LogP contribution in [0.25, 0.3) is 0 Å². The van der Waals surface area contributed by atoms with E-state index in [0.717, 1.165) is 16.0 Å². The summed E-state index contributed by atoms with van der Waals surface area (Å²) in [6, 6.07) is 20.2. The van der Waals surface area contributed by atoms with Gasteiger partial charge in [0.25, 0.3) is 11.8 Å². The minimum atomic E-state index is -3.82. The molecule has 32 heavy (non-hydrogen) atoms. The highest BCUT2D eigenvalue weighted by molar-refractivity contribution is 7.98. The molecular formula is C23H23N3O4S2. The molecule has 0 bridgehead atoms. The molecule has 3 N–H and O–H groups in total. The first-order chi connectivity index (χ1) is 15.3. The predicted octanol–water partition coefficient (Wildman–Crippen LogP) is 3.27. The molecule has 0 heterocycles. The Bertz CT molecular complexity index is 1230. The van der Waals surface area contributed by atoms with Crippen LogP contribution in [0.5, 0.6) is 0 Å². The number of rotatable bonds is 7. The number of aryl methyl sites for hydroxylation is 1. The molecule has 0 aliphatic carbocycles. The van der Waals surface area contributed by atoms with E-state index in [1.54, 1.807) is 13.0 Å². The van der Waals surface area contributed by atoms with Gasteiger partial charge in [0.2, 0.25) is 10.0 Å². The normalized spacial score (nSPS) is 11.1. The smallest absolute Gasteiger partial charge is 0.267 e. The summed E-state index contributed by atoms with van der Waals surface area (Å²) in [4.78, 5) is 25.9. The highest BCUT2D eigenvalue weighted by atomic mass is 32.2. The summed E-state index contributed by atoms with van der Waals surface area (Å²) in [5.74, 6) is -1.09. The van der Waals surface area contributed by atoms with E-state index in [9.17, 15) is 18.0 Å². The number of carbonyl (C=O) groups is 2. The van der Waals surface area contributed by atoms with E-state index < -0.39 is 21.8 Å². The Labute approximate surface area is 191 Å². The van der Waals surface area contributed by atoms with Crippen LogP contribution in [0.1, 0.15) is 31.8 Å². The van der Waals surface area contributed by atoms with E-state index >= 15 is 0 Å². The molecule has 3 aromatic carbocycles. The van der Waals surface area contributed by atoms with Gasteiger partial charge in [-0.3, -0.25) is 20.4 Å². The van der Waals surface area contributed by atoms with Crippen molar-refractivity contribution in [2.45, 2.75) is 23.3 Å². The average Bonchev–Trinajstić information content (AvgIpc) is 2.82. The fourth-order valence-corrected chi connectivity index (χ4v) is 4.39. The summed E-state index contributed by atoms with van der Waals surface area (Å²) in [6.45, 7) is 1.93. The van der Waals surface area contributed by atoms with Crippen molar-refractivity contribution in [3.8, 4) is 0 Å². The molecule has 7 nitrogen and oxygen atoms in total. The summed E-state index contributed by atoms with van der Waals surface area (Å²) in [7, 11) is -3.82. The van der Waals surface area contributed by atoms with Gasteiger partial charge in [-0.15, -0.1) is 11.8 Å². The Morgan fingerprint density at radius 1 is 0.875 bits per heavy atom. The van der Waals surface area contributed by atoms with Gasteiger partial charge in [0.05, 0.1) is 4.90 Å². The van der Waals surface area contributed by atoms with Crippen molar-refractivity contribution in [2.75, 3.05) is 6.26 Å². The van der Waals surface area contributed by atoms with Crippen LogP contribution in [-0.2, 0) is 16.6 Å². The summed E-state index contributed by atoms with van der Waals surface area (Å²) in [6.07, 6.45) is 1.91. The topological polar surface area (TPSA) is 104 Å². The molecule has 0 atom stereocenters. The third-order valence-electron chi connectivity index (χ3n) is 4.69. The van der Waals surface area contributed by atoms with Crippen molar-refractivity contribution in [1.82, 2.24) is 15.6 Å². The molecule has 3 rings (SSSR count). The van der Waals surface area contributed by atoms with E-state index in [2.05, 4.69) is 15.6 Å². The monoisotopic (exact) mass is 469 g/mol. The number of amides is 2. The van der Waals surface area contributed by atoms with Gasteiger partial charge in [-0.05, 0) is 54.6 Å². The van der Waals surface area contributed by atoms with Crippen LogP contribution in [0.15, 0.2) is 82.6 Å². The highest BCUT2D eigenvalue weighted by Crippen LogP contribution is 2.19. The first-order valence-corrected chi connectivity index (χ1v) is 12.4. The number of carbonyl (C=O) groups excluding carboxylic acids is 2. The standard InChI is InChI=1S/C23H23N3O4S2/c1-16-11-12-19(31-2)14-21(16)23(28)26-25-22(27)18-9-6-10-20(13-18)32(29,30)24-15-17-7-4-3-5-8-17/h3-14,24H,15H2,1-2H3,(H,25,27)(H,26,28). The summed E-state index contributed by atoms with van der Waals surface area (Å²) < 4.78 is 27.7. The van der Waals surface area contributed by atoms with Crippen molar-refractivity contribution in [3.05, 3.63) is 95.1 Å². The van der Waals surface area contributed by atoms with Gasteiger partial charge < -0.3 is 0 Å². The average molecular weight is 470 g/mol. The van der Waals surface area contributed by atoms with E-state index in [0.29, 0.717) is 5.56 Å². The molecule has 0 radical (unpaired) electrons. The molecule has 0 unspecified atom stereocenters. The zero-order chi connectivity index (χ0) is 23.1. The van der Waals surface area contributed by atoms with Gasteiger partial charge in [-0.2, -0.15) is 0 Å². The summed E-state index contributed by atoms with van der Waals surface area (Å²) >= 11 is 1.51. The van der Waals surface area contributed by atoms with Gasteiger partial charge in [0.1, 0.15) is 0 Å². The van der Waals surface area contributed by atoms with Gasteiger partial charge in [0, 0.05) is 22.6 Å². The molecule has 0 aromatic heterocycles. The Morgan fingerprint density at radius 3 is 2.31 bits per heavy atom. The molecule has 0 fully saturated rings. The molecule has 0 saturated heterocycles. The highest BCUT2D eigenvalue weighted by Gasteiger charge is 2.17. The van der Waals surface area contributed by atoms with Gasteiger partial charge in [-0.1, -0.05) is 42.5 Å². The number of sulfonamides is 1. The van der Waals surface area contributed by atoms with Crippen LogP contribution in [0.2, 0.25) is 0 Å². The second-order valence-corrected chi connectivity index (χ2v) is 9.57. The molecular weight excluding hydrogens is 446 g/mol. The minimum absolute atomic E-state index is 0.0454. The second-order valence-electron chi connectivity index (χ2n) is 6.93. The molecule has 0 aliphatic rings. The molecule has 0 spiro atoms. The van der Waals surface area contributed by atoms with Crippen molar-refractivity contribution in [1.29, 1.82) is 0 Å². The first kappa shape index (κ1) is 23.5. The largest absolute Gasteiger partial charge is 0.270 e. The Hall–Kier alpha value is -3.14. The lowest BCUT2D eigenvalue weighted by molar-refractivity contribution is 0.0846. The summed E-state index contributed by atoms with van der Waals surface area (Å²) in [5.41, 5.74) is 6.85. The fourth-order valence-electron chi connectivity index (χ4n) is 2.89. The van der Waals surface area contributed by atoms with Crippen LogP contribution in [0.4, 0.5) is 0 Å². The summed E-state index contributed by atoms with van der Waals surface area (Å²) in [5, 5.41) is 0. The lowest BCUT2D eigenvalue weighted by Crippen LogP contribution is -2.42. The molecule has 3 aromatic rings. The van der Waals surface area contributed by atoms with E-state index in [1.807, 2.05) is 48.7 Å². The quantitative estimate of drug-likeness (QED) is 0.364. The van der Waals surface area contributed by atoms with Gasteiger partial charge >= 0.3 is 0 Å². The van der Waals surface area contributed by atoms with E-state index in [4.69, 9.17) is 0 Å². The number of hydrazine groups is 1. The maximum atomic E-state index is 12.6. The lowest BCUT2D eigenvalue weighted by Gasteiger charge is -2.11. The van der Waals surface area contributed by atoms with Crippen LogP contribution >= 0.6 is 11.8 Å². The minimum Gasteiger partial charge on any atom is -0.267 e. The van der Waals surface area contributed by atoms with Gasteiger partial charge in [0.15, 0.2) is 0 Å². The number of hydrogen-bond donors (Lipinski definition) is 3. The van der Waals surface area contributed by atoms with Crippen LogP contribution in [0.3, 0.4) is 0 Å². The molecule has 0 saturated carbocycles. The Kier molecular flexibility index (Phi) is 7.68. The SMILES string of the molecule is CSc1ccc(C)c(C(=O)NNC(=O)c2cccc(S(=O)(=O)NCc3ccccc3)c2)c1.